The molecule has 9 heteroatoms. The number of methoxy groups -OCH3 is 1. The molecule has 0 aliphatic carbocycles. The fourth-order valence-corrected chi connectivity index (χ4v) is 2.87. The summed E-state index contributed by atoms with van der Waals surface area (Å²) in [5, 5.41) is 3.36. The lowest BCUT2D eigenvalue weighted by molar-refractivity contribution is 0.215. The minimum Gasteiger partial charge on any atom is -0.497 e. The van der Waals surface area contributed by atoms with Crippen molar-refractivity contribution in [2.45, 2.75) is 10.9 Å². The maximum Gasteiger partial charge on any atom is 0.345 e. The number of hydrogen-bond acceptors (Lipinski definition) is 6. The molecule has 0 unspecified atom stereocenters. The van der Waals surface area contributed by atoms with E-state index in [4.69, 9.17) is 4.74 Å². The molecule has 0 radical (unpaired) electrons. The number of amides is 1. The predicted octanol–water partition coefficient (Wildman–Crippen LogP) is 0.790. The predicted molar refractivity (Wildman–Crippen MR) is 78.4 cm³/mol. The lowest BCUT2D eigenvalue weighted by Gasteiger charge is -2.07. The van der Waals surface area contributed by atoms with E-state index in [1.54, 1.807) is 24.3 Å². The number of ether oxygens (including phenoxy) is 1. The van der Waals surface area contributed by atoms with E-state index in [2.05, 4.69) is 10.1 Å². The SMILES string of the molecule is COc1ccc(CS(=O)(=O)c2ncn(C(=O)N(C)C)n2)cc1. The van der Waals surface area contributed by atoms with Gasteiger partial charge in [-0.2, -0.15) is 4.68 Å². The topological polar surface area (TPSA) is 94.4 Å². The second-order valence-corrected chi connectivity index (χ2v) is 6.64. The average Bonchev–Trinajstić information content (AvgIpc) is 2.97. The van der Waals surface area contributed by atoms with Crippen molar-refractivity contribution in [3.63, 3.8) is 0 Å². The minimum absolute atomic E-state index is 0.253. The van der Waals surface area contributed by atoms with Crippen LogP contribution in [0.2, 0.25) is 0 Å². The summed E-state index contributed by atoms with van der Waals surface area (Å²) in [6, 6.07) is 6.17. The van der Waals surface area contributed by atoms with E-state index in [-0.39, 0.29) is 10.9 Å². The summed E-state index contributed by atoms with van der Waals surface area (Å²) in [6.45, 7) is 0. The van der Waals surface area contributed by atoms with Gasteiger partial charge in [-0.15, -0.1) is 5.10 Å². The van der Waals surface area contributed by atoms with Crippen LogP contribution in [0.4, 0.5) is 4.79 Å². The Bertz CT molecular complexity index is 766. The lowest BCUT2D eigenvalue weighted by Crippen LogP contribution is -2.27. The molecule has 2 aromatic rings. The van der Waals surface area contributed by atoms with Crippen LogP contribution in [0.5, 0.6) is 5.75 Å². The minimum atomic E-state index is -3.73. The molecule has 0 aliphatic heterocycles. The van der Waals surface area contributed by atoms with Crippen molar-refractivity contribution in [3.8, 4) is 5.75 Å². The highest BCUT2D eigenvalue weighted by Crippen LogP contribution is 2.16. The first-order chi connectivity index (χ1) is 10.3. The number of carbonyl (C=O) groups is 1. The molecule has 0 fully saturated rings. The van der Waals surface area contributed by atoms with Gasteiger partial charge in [0, 0.05) is 14.1 Å². The van der Waals surface area contributed by atoms with Crippen molar-refractivity contribution in [3.05, 3.63) is 36.2 Å². The van der Waals surface area contributed by atoms with Gasteiger partial charge in [0.2, 0.25) is 9.84 Å². The molecule has 0 spiro atoms. The van der Waals surface area contributed by atoms with E-state index in [1.165, 1.54) is 26.1 Å². The van der Waals surface area contributed by atoms with Crippen LogP contribution >= 0.6 is 0 Å². The van der Waals surface area contributed by atoms with Crippen molar-refractivity contribution >= 4 is 15.9 Å². The van der Waals surface area contributed by atoms with Crippen molar-refractivity contribution < 1.29 is 17.9 Å². The third-order valence-electron chi connectivity index (χ3n) is 2.84. The first kappa shape index (κ1) is 16.0. The second-order valence-electron chi connectivity index (χ2n) is 4.76. The van der Waals surface area contributed by atoms with Crippen LogP contribution in [0, 0.1) is 0 Å². The van der Waals surface area contributed by atoms with Crippen LogP contribution in [0.25, 0.3) is 0 Å². The Labute approximate surface area is 128 Å². The molecule has 0 N–H and O–H groups in total. The molecule has 1 aromatic heterocycles. The highest BCUT2D eigenvalue weighted by Gasteiger charge is 2.22. The molecule has 0 atom stereocenters. The lowest BCUT2D eigenvalue weighted by atomic mass is 10.2. The fourth-order valence-electron chi connectivity index (χ4n) is 1.69. The van der Waals surface area contributed by atoms with Crippen molar-refractivity contribution in [1.29, 1.82) is 0 Å². The molecular weight excluding hydrogens is 308 g/mol. The Morgan fingerprint density at radius 1 is 1.27 bits per heavy atom. The van der Waals surface area contributed by atoms with Gasteiger partial charge in [0.25, 0.3) is 5.16 Å². The van der Waals surface area contributed by atoms with E-state index in [9.17, 15) is 13.2 Å². The van der Waals surface area contributed by atoms with E-state index >= 15 is 0 Å². The molecule has 118 valence electrons. The van der Waals surface area contributed by atoms with Gasteiger partial charge in [0.1, 0.15) is 12.1 Å². The zero-order valence-corrected chi connectivity index (χ0v) is 13.2. The molecule has 1 aromatic carbocycles. The normalized spacial score (nSPS) is 11.2. The monoisotopic (exact) mass is 324 g/mol. The molecule has 22 heavy (non-hydrogen) atoms. The summed E-state index contributed by atoms with van der Waals surface area (Å²) in [6.07, 6.45) is 1.09. The molecule has 0 aliphatic rings. The molecule has 2 rings (SSSR count). The van der Waals surface area contributed by atoms with Gasteiger partial charge in [0.15, 0.2) is 0 Å². The smallest absolute Gasteiger partial charge is 0.345 e. The number of carbonyl (C=O) groups excluding carboxylic acids is 1. The van der Waals surface area contributed by atoms with Gasteiger partial charge in [-0.05, 0) is 17.7 Å². The largest absolute Gasteiger partial charge is 0.497 e. The van der Waals surface area contributed by atoms with Crippen LogP contribution in [-0.2, 0) is 15.6 Å². The summed E-state index contributed by atoms with van der Waals surface area (Å²) < 4.78 is 30.4. The Morgan fingerprint density at radius 3 is 2.45 bits per heavy atom. The van der Waals surface area contributed by atoms with E-state index in [0.717, 1.165) is 11.0 Å². The van der Waals surface area contributed by atoms with Crippen LogP contribution in [-0.4, -0.2) is 55.3 Å². The van der Waals surface area contributed by atoms with Gasteiger partial charge in [-0.1, -0.05) is 12.1 Å². The molecule has 1 amide bonds. The van der Waals surface area contributed by atoms with Crippen LogP contribution in [0.3, 0.4) is 0 Å². The maximum atomic E-state index is 12.3. The fraction of sp³-hybridized carbons (Fsp3) is 0.308. The number of hydrogen-bond donors (Lipinski definition) is 0. The number of benzene rings is 1. The molecule has 0 saturated carbocycles. The van der Waals surface area contributed by atoms with Gasteiger partial charge >= 0.3 is 6.03 Å². The Balaban J connectivity index is 2.21. The van der Waals surface area contributed by atoms with Gasteiger partial charge in [-0.3, -0.25) is 0 Å². The van der Waals surface area contributed by atoms with Gasteiger partial charge in [-0.25, -0.2) is 18.2 Å². The Morgan fingerprint density at radius 2 is 1.91 bits per heavy atom. The standard InChI is InChI=1S/C13H16N4O4S/c1-16(2)13(18)17-9-14-12(15-17)22(19,20)8-10-4-6-11(21-3)7-5-10/h4-7,9H,8H2,1-3H3. The molecular formula is C13H16N4O4S. The van der Waals surface area contributed by atoms with Crippen LogP contribution in [0.1, 0.15) is 5.56 Å². The third kappa shape index (κ3) is 3.42. The summed E-state index contributed by atoms with van der Waals surface area (Å²) in [7, 11) is 0.880. The zero-order valence-electron chi connectivity index (χ0n) is 12.4. The first-order valence-electron chi connectivity index (χ1n) is 6.32. The summed E-state index contributed by atoms with van der Waals surface area (Å²) in [5.74, 6) is 0.386. The van der Waals surface area contributed by atoms with Crippen molar-refractivity contribution in [1.82, 2.24) is 19.7 Å². The molecule has 8 nitrogen and oxygen atoms in total. The molecule has 0 saturated heterocycles. The van der Waals surface area contributed by atoms with E-state index in [0.29, 0.717) is 11.3 Å². The Hall–Kier alpha value is -2.42. The third-order valence-corrected chi connectivity index (χ3v) is 4.30. The zero-order chi connectivity index (χ0) is 16.3. The molecule has 1 heterocycles. The second kappa shape index (κ2) is 6.14. The summed E-state index contributed by atoms with van der Waals surface area (Å²) >= 11 is 0. The highest BCUT2D eigenvalue weighted by molar-refractivity contribution is 7.90. The quantitative estimate of drug-likeness (QED) is 0.825. The van der Waals surface area contributed by atoms with Crippen LogP contribution in [0.15, 0.2) is 35.7 Å². The van der Waals surface area contributed by atoms with Crippen LogP contribution < -0.4 is 4.74 Å². The number of nitrogens with zero attached hydrogens (tertiary/aromatic N) is 4. The van der Waals surface area contributed by atoms with E-state index in [1.807, 2.05) is 0 Å². The highest BCUT2D eigenvalue weighted by atomic mass is 32.2. The summed E-state index contributed by atoms with van der Waals surface area (Å²) in [4.78, 5) is 16.7. The van der Waals surface area contributed by atoms with Gasteiger partial charge in [0.05, 0.1) is 12.9 Å². The average molecular weight is 324 g/mol. The van der Waals surface area contributed by atoms with Crippen molar-refractivity contribution in [2.75, 3.05) is 21.2 Å². The molecule has 0 bridgehead atoms. The number of sulfone groups is 1. The number of rotatable bonds is 4. The van der Waals surface area contributed by atoms with Gasteiger partial charge < -0.3 is 9.64 Å². The summed E-state index contributed by atoms with van der Waals surface area (Å²) in [5.41, 5.74) is 0.580. The maximum absolute atomic E-state index is 12.3. The number of aromatic nitrogens is 3. The van der Waals surface area contributed by atoms with E-state index < -0.39 is 15.9 Å². The first-order valence-corrected chi connectivity index (χ1v) is 7.98. The Kier molecular flexibility index (Phi) is 4.45. The van der Waals surface area contributed by atoms with Crippen molar-refractivity contribution in [2.24, 2.45) is 0 Å².